The fourth-order valence-corrected chi connectivity index (χ4v) is 2.57. The number of anilines is 1. The molecule has 0 bridgehead atoms. The van der Waals surface area contributed by atoms with Crippen LogP contribution in [0, 0.1) is 6.92 Å². The van der Waals surface area contributed by atoms with E-state index in [1.54, 1.807) is 18.3 Å². The van der Waals surface area contributed by atoms with Crippen LogP contribution in [0.25, 0.3) is 11.3 Å². The van der Waals surface area contributed by atoms with Crippen LogP contribution in [0.5, 0.6) is 5.75 Å². The van der Waals surface area contributed by atoms with Crippen molar-refractivity contribution in [3.05, 3.63) is 72.2 Å². The Morgan fingerprint density at radius 1 is 1.12 bits per heavy atom. The van der Waals surface area contributed by atoms with Gasteiger partial charge in [-0.2, -0.15) is 0 Å². The van der Waals surface area contributed by atoms with Gasteiger partial charge in [0.1, 0.15) is 11.6 Å². The number of rotatable bonds is 5. The molecule has 2 N–H and O–H groups in total. The summed E-state index contributed by atoms with van der Waals surface area (Å²) in [6.07, 6.45) is 2.51. The Labute approximate surface area is 146 Å². The summed E-state index contributed by atoms with van der Waals surface area (Å²) in [6, 6.07) is 16.5. The number of aromatic hydroxyl groups is 1. The van der Waals surface area contributed by atoms with Crippen LogP contribution in [0.1, 0.15) is 17.8 Å². The number of nitrogens with zero attached hydrogens (tertiary/aromatic N) is 2. The summed E-state index contributed by atoms with van der Waals surface area (Å²) >= 11 is 0. The number of benzene rings is 2. The lowest BCUT2D eigenvalue weighted by Crippen LogP contribution is -2.12. The first-order chi connectivity index (χ1) is 12.1. The Bertz CT molecular complexity index is 893. The van der Waals surface area contributed by atoms with E-state index in [0.29, 0.717) is 18.7 Å². The maximum Gasteiger partial charge on any atom is 0.224 e. The lowest BCUT2D eigenvalue weighted by atomic mass is 10.1. The smallest absolute Gasteiger partial charge is 0.224 e. The highest BCUT2D eigenvalue weighted by atomic mass is 16.3. The van der Waals surface area contributed by atoms with Crippen molar-refractivity contribution < 1.29 is 9.90 Å². The van der Waals surface area contributed by atoms with Crippen LogP contribution in [0.15, 0.2) is 60.8 Å². The standard InChI is InChI=1S/C20H19N3O2/c1-14-21-12-11-18(22-14)16-6-4-7-17(13-16)23-20(25)10-9-15-5-2-3-8-19(15)24/h2-8,11-13,24H,9-10H2,1H3,(H,23,25). The molecule has 0 fully saturated rings. The van der Waals surface area contributed by atoms with Crippen LogP contribution in [0.3, 0.4) is 0 Å². The van der Waals surface area contributed by atoms with Gasteiger partial charge >= 0.3 is 0 Å². The second-order valence-electron chi connectivity index (χ2n) is 5.75. The highest BCUT2D eigenvalue weighted by Crippen LogP contribution is 2.21. The van der Waals surface area contributed by atoms with Gasteiger partial charge < -0.3 is 10.4 Å². The average molecular weight is 333 g/mol. The molecule has 3 aromatic rings. The number of hydrogen-bond acceptors (Lipinski definition) is 4. The number of hydrogen-bond donors (Lipinski definition) is 2. The monoisotopic (exact) mass is 333 g/mol. The van der Waals surface area contributed by atoms with Crippen molar-refractivity contribution in [3.8, 4) is 17.0 Å². The fourth-order valence-electron chi connectivity index (χ4n) is 2.57. The third-order valence-electron chi connectivity index (χ3n) is 3.83. The van der Waals surface area contributed by atoms with Gasteiger partial charge in [0.15, 0.2) is 0 Å². The highest BCUT2D eigenvalue weighted by Gasteiger charge is 2.07. The van der Waals surface area contributed by atoms with E-state index in [1.807, 2.05) is 49.4 Å². The number of para-hydroxylation sites is 1. The normalized spacial score (nSPS) is 10.4. The van der Waals surface area contributed by atoms with E-state index in [1.165, 1.54) is 0 Å². The lowest BCUT2D eigenvalue weighted by molar-refractivity contribution is -0.116. The molecule has 1 amide bonds. The van der Waals surface area contributed by atoms with E-state index >= 15 is 0 Å². The number of carbonyl (C=O) groups excluding carboxylic acids is 1. The second kappa shape index (κ2) is 7.57. The average Bonchev–Trinajstić information content (AvgIpc) is 2.61. The highest BCUT2D eigenvalue weighted by molar-refractivity contribution is 5.91. The summed E-state index contributed by atoms with van der Waals surface area (Å²) in [5.74, 6) is 0.824. The molecule has 25 heavy (non-hydrogen) atoms. The first-order valence-corrected chi connectivity index (χ1v) is 8.08. The van der Waals surface area contributed by atoms with Crippen LogP contribution in [-0.2, 0) is 11.2 Å². The fraction of sp³-hybridized carbons (Fsp3) is 0.150. The predicted octanol–water partition coefficient (Wildman–Crippen LogP) is 3.73. The molecule has 0 aliphatic carbocycles. The number of phenolic OH excluding ortho intramolecular Hbond substituents is 1. The molecular formula is C20H19N3O2. The molecule has 126 valence electrons. The molecule has 1 heterocycles. The van der Waals surface area contributed by atoms with Gasteiger partial charge in [0.25, 0.3) is 0 Å². The summed E-state index contributed by atoms with van der Waals surface area (Å²) < 4.78 is 0. The Morgan fingerprint density at radius 3 is 2.76 bits per heavy atom. The van der Waals surface area contributed by atoms with Crippen molar-refractivity contribution in [2.24, 2.45) is 0 Å². The van der Waals surface area contributed by atoms with Crippen molar-refractivity contribution in [2.45, 2.75) is 19.8 Å². The molecular weight excluding hydrogens is 314 g/mol. The van der Waals surface area contributed by atoms with Crippen molar-refractivity contribution in [1.82, 2.24) is 9.97 Å². The molecule has 0 radical (unpaired) electrons. The molecule has 0 atom stereocenters. The molecule has 0 saturated heterocycles. The van der Waals surface area contributed by atoms with Crippen LogP contribution in [0.4, 0.5) is 5.69 Å². The quantitative estimate of drug-likeness (QED) is 0.746. The number of carbonyl (C=O) groups is 1. The van der Waals surface area contributed by atoms with E-state index in [9.17, 15) is 9.90 Å². The number of nitrogens with one attached hydrogen (secondary N) is 1. The largest absolute Gasteiger partial charge is 0.508 e. The van der Waals surface area contributed by atoms with Gasteiger partial charge in [-0.3, -0.25) is 4.79 Å². The zero-order valence-corrected chi connectivity index (χ0v) is 13.9. The SMILES string of the molecule is Cc1nccc(-c2cccc(NC(=O)CCc3ccccc3O)c2)n1. The topological polar surface area (TPSA) is 75.1 Å². The summed E-state index contributed by atoms with van der Waals surface area (Å²) in [4.78, 5) is 20.7. The summed E-state index contributed by atoms with van der Waals surface area (Å²) in [7, 11) is 0. The van der Waals surface area contributed by atoms with E-state index < -0.39 is 0 Å². The minimum Gasteiger partial charge on any atom is -0.508 e. The van der Waals surface area contributed by atoms with Gasteiger partial charge in [0.05, 0.1) is 5.69 Å². The molecule has 0 aliphatic rings. The Morgan fingerprint density at radius 2 is 1.96 bits per heavy atom. The van der Waals surface area contributed by atoms with Crippen LogP contribution < -0.4 is 5.32 Å². The molecule has 5 heteroatoms. The summed E-state index contributed by atoms with van der Waals surface area (Å²) in [6.45, 7) is 1.84. The van der Waals surface area contributed by atoms with Crippen molar-refractivity contribution in [1.29, 1.82) is 0 Å². The van der Waals surface area contributed by atoms with E-state index in [0.717, 1.165) is 22.5 Å². The van der Waals surface area contributed by atoms with Crippen molar-refractivity contribution in [2.75, 3.05) is 5.32 Å². The van der Waals surface area contributed by atoms with E-state index in [-0.39, 0.29) is 11.7 Å². The van der Waals surface area contributed by atoms with Gasteiger partial charge in [-0.15, -0.1) is 0 Å². The van der Waals surface area contributed by atoms with Crippen molar-refractivity contribution in [3.63, 3.8) is 0 Å². The number of amides is 1. The van der Waals surface area contributed by atoms with Crippen LogP contribution in [-0.4, -0.2) is 21.0 Å². The van der Waals surface area contributed by atoms with E-state index in [2.05, 4.69) is 15.3 Å². The van der Waals surface area contributed by atoms with Crippen molar-refractivity contribution >= 4 is 11.6 Å². The number of aryl methyl sites for hydroxylation is 2. The third-order valence-corrected chi connectivity index (χ3v) is 3.83. The molecule has 2 aromatic carbocycles. The Balaban J connectivity index is 1.66. The van der Waals surface area contributed by atoms with Gasteiger partial charge in [-0.1, -0.05) is 30.3 Å². The maximum absolute atomic E-state index is 12.2. The number of aromatic nitrogens is 2. The van der Waals surface area contributed by atoms with E-state index in [4.69, 9.17) is 0 Å². The Hall–Kier alpha value is -3.21. The van der Waals surface area contributed by atoms with Crippen LogP contribution in [0.2, 0.25) is 0 Å². The minimum absolute atomic E-state index is 0.0979. The van der Waals surface area contributed by atoms with Gasteiger partial charge in [0.2, 0.25) is 5.91 Å². The summed E-state index contributed by atoms with van der Waals surface area (Å²) in [5, 5.41) is 12.6. The molecule has 0 unspecified atom stereocenters. The summed E-state index contributed by atoms with van der Waals surface area (Å²) in [5.41, 5.74) is 3.22. The first kappa shape index (κ1) is 16.6. The minimum atomic E-state index is -0.0979. The zero-order valence-electron chi connectivity index (χ0n) is 13.9. The molecule has 0 aliphatic heterocycles. The lowest BCUT2D eigenvalue weighted by Gasteiger charge is -2.08. The predicted molar refractivity (Wildman–Crippen MR) is 97.3 cm³/mol. The molecule has 3 rings (SSSR count). The third kappa shape index (κ3) is 4.41. The zero-order chi connectivity index (χ0) is 17.6. The van der Waals surface area contributed by atoms with Gasteiger partial charge in [-0.05, 0) is 43.2 Å². The first-order valence-electron chi connectivity index (χ1n) is 8.08. The molecule has 0 saturated carbocycles. The van der Waals surface area contributed by atoms with Gasteiger partial charge in [0, 0.05) is 23.9 Å². The van der Waals surface area contributed by atoms with Crippen LogP contribution >= 0.6 is 0 Å². The molecule has 0 spiro atoms. The Kier molecular flexibility index (Phi) is 5.04. The molecule has 1 aromatic heterocycles. The van der Waals surface area contributed by atoms with Gasteiger partial charge in [-0.25, -0.2) is 9.97 Å². The molecule has 5 nitrogen and oxygen atoms in total. The maximum atomic E-state index is 12.2. The number of phenols is 1. The second-order valence-corrected chi connectivity index (χ2v) is 5.75.